The van der Waals surface area contributed by atoms with Crippen LogP contribution in [0.2, 0.25) is 0 Å². The molecule has 0 atom stereocenters. The first kappa shape index (κ1) is 17.8. The molecule has 1 heterocycles. The third-order valence-electron chi connectivity index (χ3n) is 4.63. The van der Waals surface area contributed by atoms with Crippen LogP contribution in [0.5, 0.6) is 0 Å². The van der Waals surface area contributed by atoms with Crippen molar-refractivity contribution in [3.63, 3.8) is 0 Å². The average Bonchev–Trinajstić information content (AvgIpc) is 3.16. The second-order valence-electron chi connectivity index (χ2n) is 6.42. The van der Waals surface area contributed by atoms with Gasteiger partial charge in [0.25, 0.3) is 0 Å². The van der Waals surface area contributed by atoms with Crippen molar-refractivity contribution in [3.8, 4) is 28.2 Å². The molecular weight excluding hydrogens is 346 g/mol. The summed E-state index contributed by atoms with van der Waals surface area (Å²) in [7, 11) is 0. The number of rotatable bonds is 5. The molecule has 0 saturated heterocycles. The summed E-state index contributed by atoms with van der Waals surface area (Å²) in [6.07, 6.45) is 0. The zero-order valence-electron chi connectivity index (χ0n) is 15.7. The Morgan fingerprint density at radius 1 is 0.786 bits per heavy atom. The van der Waals surface area contributed by atoms with Gasteiger partial charge in [-0.2, -0.15) is 0 Å². The van der Waals surface area contributed by atoms with Crippen molar-refractivity contribution in [1.29, 1.82) is 0 Å². The largest absolute Gasteiger partial charge is 0.462 e. The highest BCUT2D eigenvalue weighted by atomic mass is 16.5. The zero-order chi connectivity index (χ0) is 19.3. The third-order valence-corrected chi connectivity index (χ3v) is 4.63. The monoisotopic (exact) mass is 367 g/mol. The lowest BCUT2D eigenvalue weighted by molar-refractivity contribution is 0.0527. The topological polar surface area (TPSA) is 31.2 Å². The molecule has 28 heavy (non-hydrogen) atoms. The first-order valence-electron chi connectivity index (χ1n) is 9.38. The second-order valence-corrected chi connectivity index (χ2v) is 6.42. The molecule has 0 amide bonds. The van der Waals surface area contributed by atoms with Gasteiger partial charge in [-0.1, -0.05) is 78.9 Å². The van der Waals surface area contributed by atoms with Crippen LogP contribution in [0, 0.1) is 0 Å². The van der Waals surface area contributed by atoms with Crippen LogP contribution < -0.4 is 0 Å². The molecule has 0 aliphatic rings. The van der Waals surface area contributed by atoms with Gasteiger partial charge in [-0.05, 0) is 36.2 Å². The van der Waals surface area contributed by atoms with E-state index in [1.54, 1.807) is 0 Å². The fourth-order valence-corrected chi connectivity index (χ4v) is 3.42. The summed E-state index contributed by atoms with van der Waals surface area (Å²) in [6.45, 7) is 2.16. The molecule has 1 aromatic heterocycles. The third kappa shape index (κ3) is 3.35. The Hall–Kier alpha value is -3.59. The lowest BCUT2D eigenvalue weighted by Crippen LogP contribution is -2.07. The molecule has 0 fully saturated rings. The SMILES string of the molecule is CCOC(=O)c1cc(-c2ccccc2)n(-c2ccccc2)c1-c1ccccc1. The van der Waals surface area contributed by atoms with Crippen LogP contribution in [0.15, 0.2) is 97.1 Å². The van der Waals surface area contributed by atoms with Gasteiger partial charge in [-0.25, -0.2) is 4.79 Å². The van der Waals surface area contributed by atoms with Crippen LogP contribution in [-0.4, -0.2) is 17.1 Å². The van der Waals surface area contributed by atoms with Gasteiger partial charge < -0.3 is 9.30 Å². The number of carbonyl (C=O) groups is 1. The van der Waals surface area contributed by atoms with Crippen molar-refractivity contribution in [2.24, 2.45) is 0 Å². The summed E-state index contributed by atoms with van der Waals surface area (Å²) in [4.78, 5) is 12.8. The lowest BCUT2D eigenvalue weighted by Gasteiger charge is -2.15. The van der Waals surface area contributed by atoms with E-state index in [9.17, 15) is 4.79 Å². The average molecular weight is 367 g/mol. The number of aromatic nitrogens is 1. The fourth-order valence-electron chi connectivity index (χ4n) is 3.42. The van der Waals surface area contributed by atoms with Crippen molar-refractivity contribution in [2.75, 3.05) is 6.61 Å². The lowest BCUT2D eigenvalue weighted by atomic mass is 10.1. The summed E-state index contributed by atoms with van der Waals surface area (Å²) in [6, 6.07) is 32.1. The van der Waals surface area contributed by atoms with Crippen LogP contribution >= 0.6 is 0 Å². The van der Waals surface area contributed by atoms with Crippen molar-refractivity contribution >= 4 is 5.97 Å². The maximum Gasteiger partial charge on any atom is 0.340 e. The van der Waals surface area contributed by atoms with E-state index >= 15 is 0 Å². The Morgan fingerprint density at radius 2 is 1.32 bits per heavy atom. The molecule has 3 aromatic carbocycles. The molecule has 4 aromatic rings. The number of hydrogen-bond donors (Lipinski definition) is 0. The molecule has 0 unspecified atom stereocenters. The van der Waals surface area contributed by atoms with E-state index in [-0.39, 0.29) is 5.97 Å². The van der Waals surface area contributed by atoms with Crippen LogP contribution in [-0.2, 0) is 4.74 Å². The summed E-state index contributed by atoms with van der Waals surface area (Å²) < 4.78 is 7.51. The summed E-state index contributed by atoms with van der Waals surface area (Å²) in [5.41, 5.74) is 5.36. The number of ether oxygens (including phenoxy) is 1. The van der Waals surface area contributed by atoms with E-state index < -0.39 is 0 Å². The van der Waals surface area contributed by atoms with Gasteiger partial charge in [0.05, 0.1) is 23.6 Å². The standard InChI is InChI=1S/C25H21NO2/c1-2-28-25(27)22-18-23(19-12-6-3-7-13-19)26(21-16-10-5-11-17-21)24(22)20-14-8-4-9-15-20/h3-18H,2H2,1H3. The molecule has 3 nitrogen and oxygen atoms in total. The van der Waals surface area contributed by atoms with E-state index in [1.807, 2.05) is 91.9 Å². The highest BCUT2D eigenvalue weighted by Crippen LogP contribution is 2.36. The van der Waals surface area contributed by atoms with E-state index in [0.717, 1.165) is 28.2 Å². The van der Waals surface area contributed by atoms with Crippen molar-refractivity contribution in [2.45, 2.75) is 6.92 Å². The number of carbonyl (C=O) groups excluding carboxylic acids is 1. The summed E-state index contributed by atoms with van der Waals surface area (Å²) >= 11 is 0. The minimum absolute atomic E-state index is 0.312. The molecule has 0 N–H and O–H groups in total. The Labute approximate surface area is 164 Å². The number of esters is 1. The Morgan fingerprint density at radius 3 is 1.89 bits per heavy atom. The molecule has 0 spiro atoms. The quantitative estimate of drug-likeness (QED) is 0.406. The Kier molecular flexibility index (Phi) is 5.07. The van der Waals surface area contributed by atoms with E-state index in [1.165, 1.54) is 0 Å². The molecule has 3 heteroatoms. The van der Waals surface area contributed by atoms with Crippen molar-refractivity contribution in [3.05, 3.63) is 103 Å². The number of hydrogen-bond acceptors (Lipinski definition) is 2. The van der Waals surface area contributed by atoms with Crippen LogP contribution in [0.4, 0.5) is 0 Å². The first-order chi connectivity index (χ1) is 13.8. The first-order valence-corrected chi connectivity index (χ1v) is 9.38. The predicted molar refractivity (Wildman–Crippen MR) is 113 cm³/mol. The molecule has 0 aliphatic carbocycles. The highest BCUT2D eigenvalue weighted by Gasteiger charge is 2.24. The van der Waals surface area contributed by atoms with Crippen LogP contribution in [0.1, 0.15) is 17.3 Å². The van der Waals surface area contributed by atoms with Crippen molar-refractivity contribution in [1.82, 2.24) is 4.57 Å². The van der Waals surface area contributed by atoms with Crippen LogP contribution in [0.3, 0.4) is 0 Å². The molecule has 0 bridgehead atoms. The number of nitrogens with zero attached hydrogens (tertiary/aromatic N) is 1. The second kappa shape index (κ2) is 7.97. The van der Waals surface area contributed by atoms with Gasteiger partial charge in [0.2, 0.25) is 0 Å². The smallest absolute Gasteiger partial charge is 0.340 e. The fraction of sp³-hybridized carbons (Fsp3) is 0.0800. The molecular formula is C25H21NO2. The zero-order valence-corrected chi connectivity index (χ0v) is 15.7. The van der Waals surface area contributed by atoms with Gasteiger partial charge in [0, 0.05) is 5.69 Å². The van der Waals surface area contributed by atoms with Crippen molar-refractivity contribution < 1.29 is 9.53 Å². The van der Waals surface area contributed by atoms with Gasteiger partial charge in [0.15, 0.2) is 0 Å². The van der Waals surface area contributed by atoms with Gasteiger partial charge in [-0.3, -0.25) is 0 Å². The summed E-state index contributed by atoms with van der Waals surface area (Å²) in [5.74, 6) is -0.312. The summed E-state index contributed by atoms with van der Waals surface area (Å²) in [5, 5.41) is 0. The highest BCUT2D eigenvalue weighted by molar-refractivity contribution is 5.99. The molecule has 138 valence electrons. The van der Waals surface area contributed by atoms with E-state index in [4.69, 9.17) is 4.74 Å². The minimum Gasteiger partial charge on any atom is -0.462 e. The predicted octanol–water partition coefficient (Wildman–Crippen LogP) is 5.99. The molecule has 0 radical (unpaired) electrons. The molecule has 0 aliphatic heterocycles. The van der Waals surface area contributed by atoms with Gasteiger partial charge in [0.1, 0.15) is 0 Å². The Balaban J connectivity index is 2.06. The van der Waals surface area contributed by atoms with Gasteiger partial charge >= 0.3 is 5.97 Å². The maximum atomic E-state index is 12.8. The van der Waals surface area contributed by atoms with Gasteiger partial charge in [-0.15, -0.1) is 0 Å². The molecule has 0 saturated carbocycles. The number of benzene rings is 3. The van der Waals surface area contributed by atoms with E-state index in [0.29, 0.717) is 12.2 Å². The number of para-hydroxylation sites is 1. The maximum absolute atomic E-state index is 12.8. The minimum atomic E-state index is -0.312. The van der Waals surface area contributed by atoms with Crippen LogP contribution in [0.25, 0.3) is 28.2 Å². The normalized spacial score (nSPS) is 10.6. The Bertz CT molecular complexity index is 1070. The molecule has 4 rings (SSSR count). The van der Waals surface area contributed by atoms with E-state index in [2.05, 4.69) is 16.7 Å².